The maximum absolute atomic E-state index is 12.6. The fourth-order valence-corrected chi connectivity index (χ4v) is 3.35. The zero-order valence-corrected chi connectivity index (χ0v) is 13.5. The number of nitrogens with zero attached hydrogens (tertiary/aromatic N) is 1. The monoisotopic (exact) mass is 361 g/mol. The molecule has 5 heteroatoms. The summed E-state index contributed by atoms with van der Waals surface area (Å²) in [6.07, 6.45) is 0.547. The molecule has 1 fully saturated rings. The number of hydrogen-bond donors (Lipinski definition) is 1. The first-order valence-corrected chi connectivity index (χ1v) is 8.05. The molecule has 1 saturated heterocycles. The normalized spacial score (nSPS) is 18.4. The van der Waals surface area contributed by atoms with Crippen LogP contribution in [0.2, 0.25) is 0 Å². The average molecular weight is 362 g/mol. The van der Waals surface area contributed by atoms with E-state index in [1.165, 1.54) is 4.90 Å². The molecular weight excluding hydrogens is 346 g/mol. The van der Waals surface area contributed by atoms with Crippen LogP contribution in [0.1, 0.15) is 23.2 Å². The van der Waals surface area contributed by atoms with Gasteiger partial charge in [0.25, 0.3) is 0 Å². The molecule has 0 saturated carbocycles. The molecule has 3 rings (SSSR count). The van der Waals surface area contributed by atoms with Gasteiger partial charge < -0.3 is 10.0 Å². The summed E-state index contributed by atoms with van der Waals surface area (Å²) in [5.41, 5.74) is 0.659. The second kappa shape index (κ2) is 6.08. The number of carbonyl (C=O) groups excluding carboxylic acids is 1. The Labute approximate surface area is 136 Å². The fourth-order valence-electron chi connectivity index (χ4n) is 2.97. The lowest BCUT2D eigenvalue weighted by Gasteiger charge is -2.29. The van der Waals surface area contributed by atoms with E-state index in [4.69, 9.17) is 5.11 Å². The molecule has 0 bridgehead atoms. The largest absolute Gasteiger partial charge is 0.465 e. The molecule has 114 valence electrons. The van der Waals surface area contributed by atoms with E-state index in [2.05, 4.69) is 15.9 Å². The highest BCUT2D eigenvalue weighted by Gasteiger charge is 2.28. The van der Waals surface area contributed by atoms with Crippen molar-refractivity contribution in [3.8, 4) is 0 Å². The molecule has 1 amide bonds. The summed E-state index contributed by atoms with van der Waals surface area (Å²) in [6, 6.07) is 11.6. The molecule has 1 aliphatic rings. The lowest BCUT2D eigenvalue weighted by atomic mass is 9.89. The zero-order valence-electron chi connectivity index (χ0n) is 12.0. The Morgan fingerprint density at radius 1 is 1.14 bits per heavy atom. The molecule has 22 heavy (non-hydrogen) atoms. The standard InChI is InChI=1S/C17H16BrNO3/c18-15-6-5-11-8-13(4-3-12(11)9-15)16(20)14-2-1-7-19(10-14)17(21)22/h3-6,8-9,14H,1-2,7,10H2,(H,21,22). The number of ketones is 1. The molecule has 2 aromatic rings. The number of fused-ring (bicyclic) bond motifs is 1. The third-order valence-electron chi connectivity index (χ3n) is 4.15. The van der Waals surface area contributed by atoms with Crippen molar-refractivity contribution in [2.45, 2.75) is 12.8 Å². The summed E-state index contributed by atoms with van der Waals surface area (Å²) >= 11 is 3.43. The van der Waals surface area contributed by atoms with Gasteiger partial charge in [0.15, 0.2) is 5.78 Å². The van der Waals surface area contributed by atoms with E-state index in [1.807, 2.05) is 36.4 Å². The predicted molar refractivity (Wildman–Crippen MR) is 88.3 cm³/mol. The maximum Gasteiger partial charge on any atom is 0.407 e. The van der Waals surface area contributed by atoms with Crippen LogP contribution in [0.4, 0.5) is 4.79 Å². The molecule has 2 aromatic carbocycles. The third-order valence-corrected chi connectivity index (χ3v) is 4.64. The summed E-state index contributed by atoms with van der Waals surface area (Å²) in [6.45, 7) is 0.817. The van der Waals surface area contributed by atoms with Crippen molar-refractivity contribution in [1.29, 1.82) is 0 Å². The van der Waals surface area contributed by atoms with Gasteiger partial charge >= 0.3 is 6.09 Å². The number of amides is 1. The summed E-state index contributed by atoms with van der Waals surface area (Å²) in [4.78, 5) is 25.1. The second-order valence-electron chi connectivity index (χ2n) is 5.64. The average Bonchev–Trinajstić information content (AvgIpc) is 2.53. The van der Waals surface area contributed by atoms with E-state index in [0.717, 1.165) is 28.1 Å². The molecule has 1 N–H and O–H groups in total. The van der Waals surface area contributed by atoms with Crippen LogP contribution in [0.3, 0.4) is 0 Å². The molecule has 0 spiro atoms. The van der Waals surface area contributed by atoms with E-state index >= 15 is 0 Å². The summed E-state index contributed by atoms with van der Waals surface area (Å²) in [7, 11) is 0. The number of hydrogen-bond acceptors (Lipinski definition) is 2. The SMILES string of the molecule is O=C(c1ccc2cc(Br)ccc2c1)C1CCCN(C(=O)O)C1. The first-order chi connectivity index (χ1) is 10.5. The van der Waals surface area contributed by atoms with Gasteiger partial charge in [0.2, 0.25) is 0 Å². The third kappa shape index (κ3) is 2.99. The van der Waals surface area contributed by atoms with Crippen molar-refractivity contribution in [1.82, 2.24) is 4.90 Å². The van der Waals surface area contributed by atoms with Crippen LogP contribution in [0, 0.1) is 5.92 Å². The number of halogens is 1. The minimum atomic E-state index is -0.944. The number of benzene rings is 2. The quantitative estimate of drug-likeness (QED) is 0.816. The van der Waals surface area contributed by atoms with Gasteiger partial charge in [-0.2, -0.15) is 0 Å². The Morgan fingerprint density at radius 2 is 1.86 bits per heavy atom. The summed E-state index contributed by atoms with van der Waals surface area (Å²) < 4.78 is 1.00. The van der Waals surface area contributed by atoms with Crippen LogP contribution in [-0.2, 0) is 0 Å². The number of carboxylic acid groups (broad SMARTS) is 1. The zero-order chi connectivity index (χ0) is 15.7. The van der Waals surface area contributed by atoms with Crippen LogP contribution in [-0.4, -0.2) is 35.0 Å². The molecule has 1 atom stereocenters. The fraction of sp³-hybridized carbons (Fsp3) is 0.294. The van der Waals surface area contributed by atoms with Gasteiger partial charge in [-0.25, -0.2) is 4.79 Å². The number of likely N-dealkylation sites (tertiary alicyclic amines) is 1. The first kappa shape index (κ1) is 15.0. The Balaban J connectivity index is 1.85. The van der Waals surface area contributed by atoms with Gasteiger partial charge in [-0.1, -0.05) is 34.1 Å². The molecule has 4 nitrogen and oxygen atoms in total. The molecule has 1 unspecified atom stereocenters. The number of rotatable bonds is 2. The van der Waals surface area contributed by atoms with Gasteiger partial charge in [0.05, 0.1) is 0 Å². The smallest absolute Gasteiger partial charge is 0.407 e. The van der Waals surface area contributed by atoms with Crippen molar-refractivity contribution in [3.63, 3.8) is 0 Å². The number of piperidine rings is 1. The highest BCUT2D eigenvalue weighted by atomic mass is 79.9. The van der Waals surface area contributed by atoms with E-state index in [1.54, 1.807) is 0 Å². The second-order valence-corrected chi connectivity index (χ2v) is 6.55. The minimum Gasteiger partial charge on any atom is -0.465 e. The molecule has 0 aliphatic carbocycles. The highest BCUT2D eigenvalue weighted by Crippen LogP contribution is 2.25. The predicted octanol–water partition coefficient (Wildman–Crippen LogP) is 4.18. The van der Waals surface area contributed by atoms with Crippen LogP contribution in [0.5, 0.6) is 0 Å². The van der Waals surface area contributed by atoms with Gasteiger partial charge in [-0.3, -0.25) is 4.79 Å². The van der Waals surface area contributed by atoms with Gasteiger partial charge in [-0.05, 0) is 41.8 Å². The summed E-state index contributed by atoms with van der Waals surface area (Å²) in [5, 5.41) is 11.2. The van der Waals surface area contributed by atoms with Crippen LogP contribution >= 0.6 is 15.9 Å². The van der Waals surface area contributed by atoms with Crippen molar-refractivity contribution >= 4 is 38.6 Å². The Hall–Kier alpha value is -1.88. The first-order valence-electron chi connectivity index (χ1n) is 7.26. The van der Waals surface area contributed by atoms with E-state index in [0.29, 0.717) is 18.7 Å². The van der Waals surface area contributed by atoms with Crippen LogP contribution in [0.15, 0.2) is 40.9 Å². The van der Waals surface area contributed by atoms with Gasteiger partial charge in [0, 0.05) is 29.0 Å². The lowest BCUT2D eigenvalue weighted by molar-refractivity contribution is 0.0807. The lowest BCUT2D eigenvalue weighted by Crippen LogP contribution is -2.41. The van der Waals surface area contributed by atoms with E-state index in [9.17, 15) is 9.59 Å². The molecule has 0 aromatic heterocycles. The maximum atomic E-state index is 12.6. The van der Waals surface area contributed by atoms with Gasteiger partial charge in [-0.15, -0.1) is 0 Å². The van der Waals surface area contributed by atoms with Crippen LogP contribution in [0.25, 0.3) is 10.8 Å². The topological polar surface area (TPSA) is 57.6 Å². The Bertz CT molecular complexity index is 744. The van der Waals surface area contributed by atoms with E-state index < -0.39 is 6.09 Å². The molecule has 0 radical (unpaired) electrons. The number of carbonyl (C=O) groups is 2. The van der Waals surface area contributed by atoms with Crippen molar-refractivity contribution in [2.24, 2.45) is 5.92 Å². The van der Waals surface area contributed by atoms with Crippen LogP contribution < -0.4 is 0 Å². The summed E-state index contributed by atoms with van der Waals surface area (Å²) in [5.74, 6) is -0.200. The molecule has 1 aliphatic heterocycles. The molecule has 1 heterocycles. The van der Waals surface area contributed by atoms with Crippen molar-refractivity contribution in [3.05, 3.63) is 46.4 Å². The van der Waals surface area contributed by atoms with Crippen molar-refractivity contribution < 1.29 is 14.7 Å². The highest BCUT2D eigenvalue weighted by molar-refractivity contribution is 9.10. The Morgan fingerprint density at radius 3 is 2.64 bits per heavy atom. The number of Topliss-reactive ketones (excluding diaryl/α,β-unsaturated/α-hetero) is 1. The van der Waals surface area contributed by atoms with Crippen molar-refractivity contribution in [2.75, 3.05) is 13.1 Å². The van der Waals surface area contributed by atoms with Gasteiger partial charge in [0.1, 0.15) is 0 Å². The molecular formula is C17H16BrNO3. The van der Waals surface area contributed by atoms with E-state index in [-0.39, 0.29) is 11.7 Å². The minimum absolute atomic E-state index is 0.0377. The Kier molecular flexibility index (Phi) is 4.16.